The van der Waals surface area contributed by atoms with Crippen LogP contribution in [0.5, 0.6) is 0 Å². The maximum atomic E-state index is 11.3. The molecule has 3 heterocycles. The van der Waals surface area contributed by atoms with E-state index < -0.39 is 5.97 Å². The highest BCUT2D eigenvalue weighted by Crippen LogP contribution is 2.38. The number of carboxylic acid groups (broad SMARTS) is 1. The second-order valence-electron chi connectivity index (χ2n) is 6.11. The van der Waals surface area contributed by atoms with Crippen molar-refractivity contribution in [3.63, 3.8) is 0 Å². The van der Waals surface area contributed by atoms with Gasteiger partial charge in [-0.3, -0.25) is 4.68 Å². The molecule has 0 radical (unpaired) electrons. The van der Waals surface area contributed by atoms with Crippen molar-refractivity contribution in [2.75, 3.05) is 13.2 Å². The number of rotatable bonds is 3. The summed E-state index contributed by atoms with van der Waals surface area (Å²) in [6.45, 7) is 4.28. The Morgan fingerprint density at radius 2 is 2.36 bits per heavy atom. The smallest absolute Gasteiger partial charge is 0.372 e. The van der Waals surface area contributed by atoms with Gasteiger partial charge in [0.1, 0.15) is 5.76 Å². The Bertz CT molecular complexity index is 738. The molecule has 2 aromatic heterocycles. The van der Waals surface area contributed by atoms with E-state index in [9.17, 15) is 9.90 Å². The van der Waals surface area contributed by atoms with Crippen LogP contribution in [0.3, 0.4) is 0 Å². The summed E-state index contributed by atoms with van der Waals surface area (Å²) in [5, 5.41) is 13.9. The number of aromatic nitrogens is 2. The minimum absolute atomic E-state index is 0.0385. The zero-order valence-electron chi connectivity index (χ0n) is 12.5. The molecule has 0 aromatic carbocycles. The van der Waals surface area contributed by atoms with Gasteiger partial charge in [0, 0.05) is 42.8 Å². The minimum Gasteiger partial charge on any atom is -0.475 e. The number of furan rings is 1. The molecule has 4 rings (SSSR count). The number of carboxylic acids is 1. The summed E-state index contributed by atoms with van der Waals surface area (Å²) >= 11 is 0. The SMILES string of the molecule is Cc1c(C(=O)O)oc2c1-c1nn(C[C@@H]3CCOC3)cc1CC2. The molecule has 116 valence electrons. The van der Waals surface area contributed by atoms with E-state index in [0.717, 1.165) is 56.0 Å². The molecule has 0 saturated carbocycles. The zero-order chi connectivity index (χ0) is 15.3. The van der Waals surface area contributed by atoms with Gasteiger partial charge in [-0.15, -0.1) is 0 Å². The van der Waals surface area contributed by atoms with Gasteiger partial charge in [-0.05, 0) is 25.3 Å². The first-order valence-electron chi connectivity index (χ1n) is 7.63. The summed E-state index contributed by atoms with van der Waals surface area (Å²) in [4.78, 5) is 11.3. The second-order valence-corrected chi connectivity index (χ2v) is 6.11. The molecule has 2 aromatic rings. The van der Waals surface area contributed by atoms with Crippen LogP contribution in [0.4, 0.5) is 0 Å². The molecule has 1 fully saturated rings. The van der Waals surface area contributed by atoms with Crippen LogP contribution in [-0.4, -0.2) is 34.1 Å². The third kappa shape index (κ3) is 2.06. The van der Waals surface area contributed by atoms with Crippen molar-refractivity contribution in [3.8, 4) is 11.3 Å². The fraction of sp³-hybridized carbons (Fsp3) is 0.500. The fourth-order valence-electron chi connectivity index (χ4n) is 3.45. The van der Waals surface area contributed by atoms with Gasteiger partial charge in [0.05, 0.1) is 12.3 Å². The number of aryl methyl sites for hydroxylation is 2. The van der Waals surface area contributed by atoms with Crippen molar-refractivity contribution in [1.82, 2.24) is 9.78 Å². The standard InChI is InChI=1S/C16H18N2O4/c1-9-13-12(22-15(9)16(19)20)3-2-11-7-18(17-14(11)13)6-10-4-5-21-8-10/h7,10H,2-6,8H2,1H3,(H,19,20)/t10-/m0/s1. The summed E-state index contributed by atoms with van der Waals surface area (Å²) in [6.07, 6.45) is 4.73. The van der Waals surface area contributed by atoms with Crippen molar-refractivity contribution in [3.05, 3.63) is 28.8 Å². The minimum atomic E-state index is -1.02. The topological polar surface area (TPSA) is 77.5 Å². The predicted octanol–water partition coefficient (Wildman–Crippen LogP) is 2.28. The van der Waals surface area contributed by atoms with Crippen LogP contribution in [0, 0.1) is 12.8 Å². The van der Waals surface area contributed by atoms with Gasteiger partial charge in [-0.1, -0.05) is 0 Å². The van der Waals surface area contributed by atoms with Crippen LogP contribution >= 0.6 is 0 Å². The average molecular weight is 302 g/mol. The third-order valence-corrected chi connectivity index (χ3v) is 4.58. The van der Waals surface area contributed by atoms with Crippen molar-refractivity contribution >= 4 is 5.97 Å². The van der Waals surface area contributed by atoms with E-state index in [1.807, 2.05) is 4.68 Å². The van der Waals surface area contributed by atoms with Gasteiger partial charge >= 0.3 is 5.97 Å². The molecule has 0 unspecified atom stereocenters. The van der Waals surface area contributed by atoms with Crippen LogP contribution in [-0.2, 0) is 24.1 Å². The number of nitrogens with zero attached hydrogens (tertiary/aromatic N) is 2. The lowest BCUT2D eigenvalue weighted by Crippen LogP contribution is -2.11. The number of aromatic carboxylic acids is 1. The number of carbonyl (C=O) groups is 1. The number of fused-ring (bicyclic) bond motifs is 3. The van der Waals surface area contributed by atoms with Crippen LogP contribution in [0.2, 0.25) is 0 Å². The molecule has 1 aliphatic carbocycles. The third-order valence-electron chi connectivity index (χ3n) is 4.58. The van der Waals surface area contributed by atoms with Crippen LogP contribution < -0.4 is 0 Å². The molecule has 1 aliphatic heterocycles. The Kier molecular flexibility index (Phi) is 3.07. The molecule has 0 spiro atoms. The maximum absolute atomic E-state index is 11.3. The van der Waals surface area contributed by atoms with Crippen molar-refractivity contribution in [1.29, 1.82) is 0 Å². The van der Waals surface area contributed by atoms with E-state index in [4.69, 9.17) is 14.3 Å². The van der Waals surface area contributed by atoms with Crippen LogP contribution in [0.25, 0.3) is 11.3 Å². The maximum Gasteiger partial charge on any atom is 0.372 e. The van der Waals surface area contributed by atoms with Gasteiger partial charge in [0.25, 0.3) is 0 Å². The Labute approximate surface area is 127 Å². The van der Waals surface area contributed by atoms with Gasteiger partial charge in [0.2, 0.25) is 5.76 Å². The van der Waals surface area contributed by atoms with E-state index in [0.29, 0.717) is 11.5 Å². The molecule has 6 heteroatoms. The summed E-state index contributed by atoms with van der Waals surface area (Å²) < 4.78 is 12.9. The first-order valence-corrected chi connectivity index (χ1v) is 7.63. The Morgan fingerprint density at radius 3 is 3.09 bits per heavy atom. The monoisotopic (exact) mass is 302 g/mol. The molecule has 22 heavy (non-hydrogen) atoms. The molecule has 2 aliphatic rings. The lowest BCUT2D eigenvalue weighted by Gasteiger charge is -2.09. The summed E-state index contributed by atoms with van der Waals surface area (Å²) in [6, 6.07) is 0. The molecule has 1 N–H and O–H groups in total. The molecular formula is C16H18N2O4. The van der Waals surface area contributed by atoms with Crippen molar-refractivity contribution < 1.29 is 19.1 Å². The van der Waals surface area contributed by atoms with Gasteiger partial charge < -0.3 is 14.3 Å². The van der Waals surface area contributed by atoms with E-state index >= 15 is 0 Å². The second kappa shape index (κ2) is 4.98. The number of hydrogen-bond acceptors (Lipinski definition) is 4. The first kappa shape index (κ1) is 13.6. The van der Waals surface area contributed by atoms with E-state index in [1.54, 1.807) is 6.92 Å². The van der Waals surface area contributed by atoms with Gasteiger partial charge in [0.15, 0.2) is 0 Å². The highest BCUT2D eigenvalue weighted by Gasteiger charge is 2.30. The highest BCUT2D eigenvalue weighted by molar-refractivity contribution is 5.90. The Morgan fingerprint density at radius 1 is 1.50 bits per heavy atom. The molecule has 0 bridgehead atoms. The van der Waals surface area contributed by atoms with Crippen molar-refractivity contribution in [2.24, 2.45) is 5.92 Å². The van der Waals surface area contributed by atoms with E-state index in [2.05, 4.69) is 6.20 Å². The van der Waals surface area contributed by atoms with E-state index in [1.165, 1.54) is 5.56 Å². The Balaban J connectivity index is 1.71. The van der Waals surface area contributed by atoms with Crippen LogP contribution in [0.15, 0.2) is 10.6 Å². The molecule has 1 saturated heterocycles. The van der Waals surface area contributed by atoms with E-state index in [-0.39, 0.29) is 5.76 Å². The quantitative estimate of drug-likeness (QED) is 0.941. The van der Waals surface area contributed by atoms with Gasteiger partial charge in [-0.25, -0.2) is 4.79 Å². The summed E-state index contributed by atoms with van der Waals surface area (Å²) in [7, 11) is 0. The lowest BCUT2D eigenvalue weighted by molar-refractivity contribution is 0.0659. The predicted molar refractivity (Wildman–Crippen MR) is 78.0 cm³/mol. The highest BCUT2D eigenvalue weighted by atomic mass is 16.5. The number of hydrogen-bond donors (Lipinski definition) is 1. The molecular weight excluding hydrogens is 284 g/mol. The molecule has 0 amide bonds. The molecule has 6 nitrogen and oxygen atoms in total. The molecule has 1 atom stereocenters. The van der Waals surface area contributed by atoms with Gasteiger partial charge in [-0.2, -0.15) is 5.10 Å². The van der Waals surface area contributed by atoms with Crippen molar-refractivity contribution in [2.45, 2.75) is 32.7 Å². The normalized spacial score (nSPS) is 20.0. The number of ether oxygens (including phenoxy) is 1. The largest absolute Gasteiger partial charge is 0.475 e. The fourth-order valence-corrected chi connectivity index (χ4v) is 3.45. The lowest BCUT2D eigenvalue weighted by atomic mass is 9.94. The zero-order valence-corrected chi connectivity index (χ0v) is 12.5. The average Bonchev–Trinajstić information content (AvgIpc) is 3.17. The van der Waals surface area contributed by atoms with Crippen LogP contribution in [0.1, 0.15) is 33.9 Å². The summed E-state index contributed by atoms with van der Waals surface area (Å²) in [5.74, 6) is 0.283. The Hall–Kier alpha value is -2.08. The first-order chi connectivity index (χ1) is 10.6. The summed E-state index contributed by atoms with van der Waals surface area (Å²) in [5.41, 5.74) is 3.61.